The van der Waals surface area contributed by atoms with Crippen molar-refractivity contribution in [2.24, 2.45) is 5.73 Å². The molecule has 3 heteroatoms. The Bertz CT molecular complexity index is 265. The highest BCUT2D eigenvalue weighted by Gasteiger charge is 2.04. The molecule has 1 aromatic rings. The van der Waals surface area contributed by atoms with Crippen LogP contribution in [0.25, 0.3) is 0 Å². The predicted octanol–water partition coefficient (Wildman–Crippen LogP) is 2.38. The summed E-state index contributed by atoms with van der Waals surface area (Å²) in [4.78, 5) is 0. The average molecular weight is 200 g/mol. The van der Waals surface area contributed by atoms with Crippen LogP contribution in [0.3, 0.4) is 0 Å². The fourth-order valence-electron chi connectivity index (χ4n) is 1.10. The van der Waals surface area contributed by atoms with Gasteiger partial charge in [0.25, 0.3) is 0 Å². The minimum atomic E-state index is 0.0576. The molecular weight excluding hydrogens is 186 g/mol. The van der Waals surface area contributed by atoms with Crippen molar-refractivity contribution in [2.45, 2.75) is 13.0 Å². The second-order valence-corrected chi connectivity index (χ2v) is 3.29. The first-order valence-corrected chi connectivity index (χ1v) is 4.69. The Hall–Kier alpha value is -0.570. The Morgan fingerprint density at radius 3 is 2.92 bits per heavy atom. The molecule has 1 atom stereocenters. The molecule has 0 radical (unpaired) electrons. The summed E-state index contributed by atoms with van der Waals surface area (Å²) in [5.41, 5.74) is 6.42. The standard InChI is InChI=1S/C10H14ClNO/c1-8(13-6-5-12)9-3-2-4-10(11)7-9/h2-4,7-8H,5-6,12H2,1H3. The summed E-state index contributed by atoms with van der Waals surface area (Å²) >= 11 is 5.84. The molecule has 1 unspecified atom stereocenters. The molecule has 0 aliphatic rings. The second kappa shape index (κ2) is 5.22. The molecular formula is C10H14ClNO. The molecule has 72 valence electrons. The van der Waals surface area contributed by atoms with E-state index in [1.54, 1.807) is 0 Å². The monoisotopic (exact) mass is 199 g/mol. The molecule has 0 bridgehead atoms. The van der Waals surface area contributed by atoms with E-state index in [2.05, 4.69) is 0 Å². The van der Waals surface area contributed by atoms with Crippen LogP contribution < -0.4 is 5.73 Å². The Morgan fingerprint density at radius 2 is 2.31 bits per heavy atom. The maximum atomic E-state index is 5.84. The summed E-state index contributed by atoms with van der Waals surface area (Å²) in [6, 6.07) is 7.66. The third-order valence-corrected chi connectivity index (χ3v) is 2.04. The van der Waals surface area contributed by atoms with Gasteiger partial charge in [0.05, 0.1) is 12.7 Å². The topological polar surface area (TPSA) is 35.2 Å². The number of halogens is 1. The first-order valence-electron chi connectivity index (χ1n) is 4.31. The number of hydrogen-bond acceptors (Lipinski definition) is 2. The van der Waals surface area contributed by atoms with Gasteiger partial charge in [-0.2, -0.15) is 0 Å². The third kappa shape index (κ3) is 3.35. The van der Waals surface area contributed by atoms with Gasteiger partial charge in [0.1, 0.15) is 0 Å². The number of nitrogens with two attached hydrogens (primary N) is 1. The van der Waals surface area contributed by atoms with Crippen molar-refractivity contribution in [3.05, 3.63) is 34.9 Å². The highest BCUT2D eigenvalue weighted by atomic mass is 35.5. The van der Waals surface area contributed by atoms with E-state index < -0.39 is 0 Å². The molecule has 0 fully saturated rings. The fraction of sp³-hybridized carbons (Fsp3) is 0.400. The largest absolute Gasteiger partial charge is 0.373 e. The van der Waals surface area contributed by atoms with Crippen molar-refractivity contribution in [1.82, 2.24) is 0 Å². The molecule has 2 nitrogen and oxygen atoms in total. The van der Waals surface area contributed by atoms with Crippen LogP contribution in [0.1, 0.15) is 18.6 Å². The molecule has 0 saturated carbocycles. The zero-order chi connectivity index (χ0) is 9.68. The second-order valence-electron chi connectivity index (χ2n) is 2.86. The van der Waals surface area contributed by atoms with E-state index >= 15 is 0 Å². The molecule has 0 aliphatic heterocycles. The van der Waals surface area contributed by atoms with Crippen LogP contribution in [0.15, 0.2) is 24.3 Å². The molecule has 0 spiro atoms. The van der Waals surface area contributed by atoms with Gasteiger partial charge in [-0.15, -0.1) is 0 Å². The van der Waals surface area contributed by atoms with E-state index in [4.69, 9.17) is 22.1 Å². The van der Waals surface area contributed by atoms with Crippen LogP contribution in [0, 0.1) is 0 Å². The number of rotatable bonds is 4. The highest BCUT2D eigenvalue weighted by molar-refractivity contribution is 6.30. The van der Waals surface area contributed by atoms with E-state index in [1.807, 2.05) is 31.2 Å². The van der Waals surface area contributed by atoms with Gasteiger partial charge in [0.15, 0.2) is 0 Å². The molecule has 2 N–H and O–H groups in total. The van der Waals surface area contributed by atoms with Gasteiger partial charge >= 0.3 is 0 Å². The van der Waals surface area contributed by atoms with Crippen LogP contribution in [0.2, 0.25) is 5.02 Å². The van der Waals surface area contributed by atoms with Gasteiger partial charge in [-0.25, -0.2) is 0 Å². The van der Waals surface area contributed by atoms with Crippen molar-refractivity contribution in [2.75, 3.05) is 13.2 Å². The quantitative estimate of drug-likeness (QED) is 0.808. The van der Waals surface area contributed by atoms with Crippen LogP contribution in [0.4, 0.5) is 0 Å². The maximum absolute atomic E-state index is 5.84. The van der Waals surface area contributed by atoms with Crippen LogP contribution in [-0.2, 0) is 4.74 Å². The molecule has 13 heavy (non-hydrogen) atoms. The van der Waals surface area contributed by atoms with Crippen molar-refractivity contribution in [3.8, 4) is 0 Å². The Balaban J connectivity index is 2.60. The summed E-state index contributed by atoms with van der Waals surface area (Å²) in [7, 11) is 0. The molecule has 0 saturated heterocycles. The van der Waals surface area contributed by atoms with Gasteiger partial charge in [0.2, 0.25) is 0 Å². The molecule has 0 aromatic heterocycles. The normalized spacial score (nSPS) is 12.8. The Kier molecular flexibility index (Phi) is 4.22. The lowest BCUT2D eigenvalue weighted by atomic mass is 10.1. The van der Waals surface area contributed by atoms with Crippen molar-refractivity contribution in [3.63, 3.8) is 0 Å². The average Bonchev–Trinajstić information content (AvgIpc) is 2.14. The molecule has 1 rings (SSSR count). The smallest absolute Gasteiger partial charge is 0.0797 e. The van der Waals surface area contributed by atoms with Gasteiger partial charge in [-0.1, -0.05) is 23.7 Å². The summed E-state index contributed by atoms with van der Waals surface area (Å²) in [6.45, 7) is 3.11. The Labute approximate surface area is 83.6 Å². The molecule has 1 aromatic carbocycles. The number of hydrogen-bond donors (Lipinski definition) is 1. The third-order valence-electron chi connectivity index (χ3n) is 1.80. The van der Waals surface area contributed by atoms with E-state index in [0.29, 0.717) is 13.2 Å². The SMILES string of the molecule is CC(OCCN)c1cccc(Cl)c1. The van der Waals surface area contributed by atoms with Crippen molar-refractivity contribution in [1.29, 1.82) is 0 Å². The summed E-state index contributed by atoms with van der Waals surface area (Å²) in [6.07, 6.45) is 0.0576. The zero-order valence-corrected chi connectivity index (χ0v) is 8.42. The van der Waals surface area contributed by atoms with Gasteiger partial charge in [0, 0.05) is 11.6 Å². The highest BCUT2D eigenvalue weighted by Crippen LogP contribution is 2.19. The minimum absolute atomic E-state index is 0.0576. The number of ether oxygens (including phenoxy) is 1. The van der Waals surface area contributed by atoms with Gasteiger partial charge in [-0.3, -0.25) is 0 Å². The van der Waals surface area contributed by atoms with E-state index in [9.17, 15) is 0 Å². The summed E-state index contributed by atoms with van der Waals surface area (Å²) < 4.78 is 5.45. The zero-order valence-electron chi connectivity index (χ0n) is 7.66. The lowest BCUT2D eigenvalue weighted by molar-refractivity contribution is 0.0718. The predicted molar refractivity (Wildman–Crippen MR) is 54.9 cm³/mol. The van der Waals surface area contributed by atoms with Gasteiger partial charge < -0.3 is 10.5 Å². The van der Waals surface area contributed by atoms with E-state index in [1.165, 1.54) is 0 Å². The van der Waals surface area contributed by atoms with Crippen molar-refractivity contribution >= 4 is 11.6 Å². The fourth-order valence-corrected chi connectivity index (χ4v) is 1.30. The van der Waals surface area contributed by atoms with E-state index in [0.717, 1.165) is 10.6 Å². The summed E-state index contributed by atoms with van der Waals surface area (Å²) in [5.74, 6) is 0. The minimum Gasteiger partial charge on any atom is -0.373 e. The molecule has 0 amide bonds. The van der Waals surface area contributed by atoms with E-state index in [-0.39, 0.29) is 6.10 Å². The van der Waals surface area contributed by atoms with Crippen LogP contribution >= 0.6 is 11.6 Å². The van der Waals surface area contributed by atoms with Gasteiger partial charge in [-0.05, 0) is 24.6 Å². The molecule has 0 aliphatic carbocycles. The molecule has 0 heterocycles. The van der Waals surface area contributed by atoms with Crippen molar-refractivity contribution < 1.29 is 4.74 Å². The van der Waals surface area contributed by atoms with Crippen LogP contribution in [0.5, 0.6) is 0 Å². The lowest BCUT2D eigenvalue weighted by Gasteiger charge is -2.12. The number of benzene rings is 1. The Morgan fingerprint density at radius 1 is 1.54 bits per heavy atom. The first kappa shape index (κ1) is 10.5. The first-order chi connectivity index (χ1) is 6.24. The maximum Gasteiger partial charge on any atom is 0.0797 e. The summed E-state index contributed by atoms with van der Waals surface area (Å²) in [5, 5.41) is 0.737. The lowest BCUT2D eigenvalue weighted by Crippen LogP contribution is -2.10. The van der Waals surface area contributed by atoms with Crippen LogP contribution in [-0.4, -0.2) is 13.2 Å².